The highest BCUT2D eigenvalue weighted by molar-refractivity contribution is 5.99. The molecule has 0 radical (unpaired) electrons. The first-order chi connectivity index (χ1) is 13.3. The Morgan fingerprint density at radius 3 is 2.43 bits per heavy atom. The Labute approximate surface area is 160 Å². The van der Waals surface area contributed by atoms with Crippen LogP contribution in [0.4, 0.5) is 14.5 Å². The molecule has 2 aromatic carbocycles. The summed E-state index contributed by atoms with van der Waals surface area (Å²) in [7, 11) is 0. The van der Waals surface area contributed by atoms with Gasteiger partial charge >= 0.3 is 0 Å². The fraction of sp³-hybridized carbons (Fsp3) is 0.150. The van der Waals surface area contributed by atoms with Crippen molar-refractivity contribution in [2.75, 3.05) is 11.9 Å². The van der Waals surface area contributed by atoms with Gasteiger partial charge in [0.2, 0.25) is 5.91 Å². The van der Waals surface area contributed by atoms with Gasteiger partial charge in [-0.2, -0.15) is 5.10 Å². The zero-order valence-corrected chi connectivity index (χ0v) is 15.3. The number of hydrogen-bond donors (Lipinski definition) is 2. The standard InChI is InChI=1S/C20H18F2N4O2/c1-12-9-13(2)26(25-12)18-8-7-14(10-17(18)22)24-19(27)11-23-20(28)15-5-3-4-6-16(15)21/h3-10H,11H2,1-2H3,(H,23,28)(H,24,27). The number of aromatic nitrogens is 2. The van der Waals surface area contributed by atoms with Gasteiger partial charge in [0.1, 0.15) is 11.5 Å². The van der Waals surface area contributed by atoms with E-state index in [0.29, 0.717) is 0 Å². The topological polar surface area (TPSA) is 76.0 Å². The monoisotopic (exact) mass is 384 g/mol. The number of amides is 2. The van der Waals surface area contributed by atoms with Crippen LogP contribution in [0.15, 0.2) is 48.5 Å². The molecule has 0 aliphatic rings. The van der Waals surface area contributed by atoms with Crippen LogP contribution >= 0.6 is 0 Å². The summed E-state index contributed by atoms with van der Waals surface area (Å²) < 4.78 is 29.5. The normalized spacial score (nSPS) is 10.6. The molecule has 2 amide bonds. The SMILES string of the molecule is Cc1cc(C)n(-c2ccc(NC(=O)CNC(=O)c3ccccc3F)cc2F)n1. The third-order valence-corrected chi connectivity index (χ3v) is 4.00. The molecule has 28 heavy (non-hydrogen) atoms. The highest BCUT2D eigenvalue weighted by Gasteiger charge is 2.14. The fourth-order valence-corrected chi connectivity index (χ4v) is 2.74. The zero-order chi connectivity index (χ0) is 20.3. The summed E-state index contributed by atoms with van der Waals surface area (Å²) in [6.07, 6.45) is 0. The number of halogens is 2. The summed E-state index contributed by atoms with van der Waals surface area (Å²) in [6.45, 7) is 3.24. The minimum Gasteiger partial charge on any atom is -0.343 e. The van der Waals surface area contributed by atoms with Gasteiger partial charge in [0, 0.05) is 11.4 Å². The van der Waals surface area contributed by atoms with Crippen molar-refractivity contribution in [3.8, 4) is 5.69 Å². The summed E-state index contributed by atoms with van der Waals surface area (Å²) in [4.78, 5) is 23.9. The van der Waals surface area contributed by atoms with E-state index < -0.39 is 23.4 Å². The number of benzene rings is 2. The third kappa shape index (κ3) is 4.22. The zero-order valence-electron chi connectivity index (χ0n) is 15.3. The van der Waals surface area contributed by atoms with Crippen molar-refractivity contribution in [1.82, 2.24) is 15.1 Å². The van der Waals surface area contributed by atoms with Crippen molar-refractivity contribution in [2.45, 2.75) is 13.8 Å². The molecule has 1 heterocycles. The van der Waals surface area contributed by atoms with Crippen LogP contribution in [0, 0.1) is 25.5 Å². The second kappa shape index (κ2) is 7.99. The number of hydrogen-bond acceptors (Lipinski definition) is 3. The predicted octanol–water partition coefficient (Wildman–Crippen LogP) is 3.14. The van der Waals surface area contributed by atoms with Crippen LogP contribution in [-0.2, 0) is 4.79 Å². The van der Waals surface area contributed by atoms with E-state index in [4.69, 9.17) is 0 Å². The van der Waals surface area contributed by atoms with Gasteiger partial charge in [-0.1, -0.05) is 12.1 Å². The predicted molar refractivity (Wildman–Crippen MR) is 100 cm³/mol. The van der Waals surface area contributed by atoms with Crippen LogP contribution in [0.3, 0.4) is 0 Å². The second-order valence-corrected chi connectivity index (χ2v) is 6.22. The van der Waals surface area contributed by atoms with Crippen LogP contribution in [0.1, 0.15) is 21.7 Å². The molecule has 0 atom stereocenters. The molecule has 0 spiro atoms. The molecule has 3 rings (SSSR count). The molecule has 2 N–H and O–H groups in total. The summed E-state index contributed by atoms with van der Waals surface area (Å²) >= 11 is 0. The van der Waals surface area contributed by atoms with E-state index in [1.807, 2.05) is 19.9 Å². The van der Waals surface area contributed by atoms with Crippen LogP contribution in [0.2, 0.25) is 0 Å². The van der Waals surface area contributed by atoms with Crippen LogP contribution in [0.5, 0.6) is 0 Å². The van der Waals surface area contributed by atoms with Gasteiger partial charge in [-0.05, 0) is 50.2 Å². The molecule has 3 aromatic rings. The van der Waals surface area contributed by atoms with E-state index in [0.717, 1.165) is 17.5 Å². The Morgan fingerprint density at radius 2 is 1.79 bits per heavy atom. The average molecular weight is 384 g/mol. The Kier molecular flexibility index (Phi) is 5.49. The van der Waals surface area contributed by atoms with E-state index in [2.05, 4.69) is 15.7 Å². The molecular weight excluding hydrogens is 366 g/mol. The first-order valence-corrected chi connectivity index (χ1v) is 8.51. The highest BCUT2D eigenvalue weighted by Crippen LogP contribution is 2.20. The van der Waals surface area contributed by atoms with Gasteiger partial charge in [-0.25, -0.2) is 13.5 Å². The number of rotatable bonds is 5. The lowest BCUT2D eigenvalue weighted by atomic mass is 10.2. The van der Waals surface area contributed by atoms with Gasteiger partial charge in [0.15, 0.2) is 5.82 Å². The molecule has 6 nitrogen and oxygen atoms in total. The van der Waals surface area contributed by atoms with Crippen molar-refractivity contribution in [3.63, 3.8) is 0 Å². The van der Waals surface area contributed by atoms with Crippen molar-refractivity contribution in [1.29, 1.82) is 0 Å². The van der Waals surface area contributed by atoms with Crippen LogP contribution in [0.25, 0.3) is 5.69 Å². The van der Waals surface area contributed by atoms with E-state index in [9.17, 15) is 18.4 Å². The summed E-state index contributed by atoms with van der Waals surface area (Å²) in [5, 5.41) is 9.04. The van der Waals surface area contributed by atoms with Crippen molar-refractivity contribution >= 4 is 17.5 Å². The van der Waals surface area contributed by atoms with Gasteiger partial charge in [-0.15, -0.1) is 0 Å². The Morgan fingerprint density at radius 1 is 1.04 bits per heavy atom. The molecule has 0 aliphatic heterocycles. The smallest absolute Gasteiger partial charge is 0.254 e. The maximum atomic E-state index is 14.4. The minimum absolute atomic E-state index is 0.157. The number of carbonyl (C=O) groups is 2. The van der Waals surface area contributed by atoms with E-state index in [1.165, 1.54) is 41.1 Å². The lowest BCUT2D eigenvalue weighted by Crippen LogP contribution is -2.33. The average Bonchev–Trinajstić information content (AvgIpc) is 2.98. The first kappa shape index (κ1) is 19.2. The molecule has 0 fully saturated rings. The molecule has 0 aliphatic carbocycles. The van der Waals surface area contributed by atoms with E-state index in [1.54, 1.807) is 0 Å². The van der Waals surface area contributed by atoms with Gasteiger partial charge in [-0.3, -0.25) is 9.59 Å². The molecule has 0 saturated heterocycles. The summed E-state index contributed by atoms with van der Waals surface area (Å²) in [5.41, 5.74) is 1.88. The number of nitrogens with one attached hydrogen (secondary N) is 2. The van der Waals surface area contributed by atoms with Gasteiger partial charge in [0.05, 0.1) is 17.8 Å². The Hall–Kier alpha value is -3.55. The quantitative estimate of drug-likeness (QED) is 0.710. The van der Waals surface area contributed by atoms with Crippen LogP contribution in [-0.4, -0.2) is 28.1 Å². The molecule has 0 saturated carbocycles. The maximum Gasteiger partial charge on any atom is 0.254 e. The number of nitrogens with zero attached hydrogens (tertiary/aromatic N) is 2. The number of anilines is 1. The number of aryl methyl sites for hydroxylation is 2. The molecule has 0 bridgehead atoms. The minimum atomic E-state index is -0.709. The molecule has 0 unspecified atom stereocenters. The van der Waals surface area contributed by atoms with Gasteiger partial charge < -0.3 is 10.6 Å². The van der Waals surface area contributed by atoms with Crippen LogP contribution < -0.4 is 10.6 Å². The molecule has 1 aromatic heterocycles. The highest BCUT2D eigenvalue weighted by atomic mass is 19.1. The third-order valence-electron chi connectivity index (χ3n) is 4.00. The summed E-state index contributed by atoms with van der Waals surface area (Å²) in [6, 6.07) is 11.5. The maximum absolute atomic E-state index is 14.4. The van der Waals surface area contributed by atoms with Crippen molar-refractivity contribution in [3.05, 3.63) is 77.1 Å². The molecule has 8 heteroatoms. The molecular formula is C20H18F2N4O2. The first-order valence-electron chi connectivity index (χ1n) is 8.51. The Bertz CT molecular complexity index is 1050. The van der Waals surface area contributed by atoms with Gasteiger partial charge in [0.25, 0.3) is 5.91 Å². The lowest BCUT2D eigenvalue weighted by molar-refractivity contribution is -0.115. The van der Waals surface area contributed by atoms with E-state index >= 15 is 0 Å². The van der Waals surface area contributed by atoms with E-state index in [-0.39, 0.29) is 23.5 Å². The summed E-state index contributed by atoms with van der Waals surface area (Å²) in [5.74, 6) is -2.51. The lowest BCUT2D eigenvalue weighted by Gasteiger charge is -2.10. The molecule has 144 valence electrons. The van der Waals surface area contributed by atoms with Crippen molar-refractivity contribution < 1.29 is 18.4 Å². The largest absolute Gasteiger partial charge is 0.343 e. The number of carbonyl (C=O) groups excluding carboxylic acids is 2. The Balaban J connectivity index is 1.63. The fourth-order valence-electron chi connectivity index (χ4n) is 2.74. The van der Waals surface area contributed by atoms with Crippen molar-refractivity contribution in [2.24, 2.45) is 0 Å². The second-order valence-electron chi connectivity index (χ2n) is 6.22.